The number of aromatic carboxylic acids is 1. The number of anilines is 4. The first-order valence-corrected chi connectivity index (χ1v) is 32.8. The van der Waals surface area contributed by atoms with Gasteiger partial charge in [-0.2, -0.15) is 0 Å². The van der Waals surface area contributed by atoms with Crippen molar-refractivity contribution in [2.24, 2.45) is 25.8 Å². The molecule has 10 aromatic rings. The number of nitrogens with two attached hydrogens (primary N) is 2. The lowest BCUT2D eigenvalue weighted by Crippen LogP contribution is -2.29. The smallest absolute Gasteiger partial charge is 0.346 e. The summed E-state index contributed by atoms with van der Waals surface area (Å²) in [6.45, 7) is 11.3. The van der Waals surface area contributed by atoms with Crippen molar-refractivity contribution in [2.75, 3.05) is 40.3 Å². The maximum Gasteiger partial charge on any atom is 0.346 e. The van der Waals surface area contributed by atoms with E-state index >= 15 is 0 Å². The molecule has 4 heterocycles. The third-order valence-electron chi connectivity index (χ3n) is 15.6. The lowest BCUT2D eigenvalue weighted by Gasteiger charge is -2.16. The van der Waals surface area contributed by atoms with Gasteiger partial charge in [0, 0.05) is 56.0 Å². The number of halogens is 7. The number of ketones is 1. The number of carboxylic acid groups (broad SMARTS) is 1. The summed E-state index contributed by atoms with van der Waals surface area (Å²) in [4.78, 5) is 108. The van der Waals surface area contributed by atoms with E-state index in [0.29, 0.717) is 65.1 Å². The van der Waals surface area contributed by atoms with E-state index in [1.807, 2.05) is 67.6 Å². The van der Waals surface area contributed by atoms with E-state index in [9.17, 15) is 69.5 Å². The molecular formula is C79H79ClF6N10O13. The second-order valence-electron chi connectivity index (χ2n) is 23.5. The number of aromatic nitrogens is 4. The zero-order valence-electron chi connectivity index (χ0n) is 60.3. The topological polar surface area (TPSA) is 304 Å². The van der Waals surface area contributed by atoms with Crippen LogP contribution in [-0.2, 0) is 65.5 Å². The highest BCUT2D eigenvalue weighted by Gasteiger charge is 2.35. The standard InChI is InChI=1S/C19H17FN2O3.C19H16FNO3.C12H11FN2O3.C11H10FNO.2C6H7FN2.C6H10O3.ClH/c1-13-17(19(24)25-12-14-6-4-3-5-7-14)18(23)22(21(13)2)16-10-8-15(20)9-11-16;1-13-11-21(16-9-7-15(20)8-10-16)18(22)17(13)19(23)24-12-14-5-3-2-4-6-14;1-7-10(12(17)18)11(16)15(14(7)2)9-5-3-8(13)4-6-9;1-8-6-11(14)13(7-8)10-4-2-9(12)3-5-10;2*7-5-1-3-6(9-8)4-2-5;1-3-9-6(8)4-5(2)7;/h3-11H,12H2,1-2H3;2-10H,11-12H2,1H3;3-6H,1-2H3,(H,17,18);2-6H,7H2,1H3;2*1-4,9H,8H2;3-4H2,1-2H3;1H. The number of hydrogen-bond acceptors (Lipinski definition) is 16. The Morgan fingerprint density at radius 2 is 0.817 bits per heavy atom. The van der Waals surface area contributed by atoms with Crippen molar-refractivity contribution in [3.63, 3.8) is 0 Å². The molecule has 0 aliphatic carbocycles. The molecule has 0 saturated carbocycles. The predicted molar refractivity (Wildman–Crippen MR) is 402 cm³/mol. The second kappa shape index (κ2) is 42.3. The number of Topliss-reactive ketones (excluding diaryl/α,β-unsaturated/α-hetero) is 1. The first kappa shape index (κ1) is 86.8. The van der Waals surface area contributed by atoms with Gasteiger partial charge in [-0.25, -0.2) is 50.1 Å². The number of carbonyl (C=O) groups excluding carboxylic acids is 6. The second-order valence-corrected chi connectivity index (χ2v) is 23.5. The first-order valence-electron chi connectivity index (χ1n) is 32.8. The number of nitrogen functional groups attached to an aromatic ring is 2. The Labute approximate surface area is 628 Å². The molecule has 0 bridgehead atoms. The number of benzene rings is 8. The molecule has 8 aromatic carbocycles. The highest BCUT2D eigenvalue weighted by Crippen LogP contribution is 2.28. The molecule has 109 heavy (non-hydrogen) atoms. The van der Waals surface area contributed by atoms with E-state index in [4.69, 9.17) is 26.3 Å². The number of hydrazine groups is 2. The quantitative estimate of drug-likeness (QED) is 0.0114. The van der Waals surface area contributed by atoms with Crippen LogP contribution in [0.4, 0.5) is 49.1 Å². The molecular weight excluding hydrogens is 1450 g/mol. The highest BCUT2D eigenvalue weighted by molar-refractivity contribution is 6.24. The monoisotopic (exact) mass is 1520 g/mol. The molecule has 2 aliphatic rings. The minimum atomic E-state index is -1.27. The summed E-state index contributed by atoms with van der Waals surface area (Å²) >= 11 is 0. The largest absolute Gasteiger partial charge is 0.477 e. The number of nitrogens with one attached hydrogen (secondary N) is 2. The van der Waals surface area contributed by atoms with Gasteiger partial charge in [-0.1, -0.05) is 60.7 Å². The Balaban J connectivity index is 0.000000236. The van der Waals surface area contributed by atoms with Gasteiger partial charge in [0.15, 0.2) is 0 Å². The summed E-state index contributed by atoms with van der Waals surface area (Å²) in [7, 11) is 3.24. The average Bonchev–Trinajstić information content (AvgIpc) is 1.61. The predicted octanol–water partition coefficient (Wildman–Crippen LogP) is 12.8. The summed E-state index contributed by atoms with van der Waals surface area (Å²) in [5, 5.41) is 8.99. The molecule has 30 heteroatoms. The number of rotatable bonds is 16. The number of ether oxygens (including phenoxy) is 3. The zero-order valence-corrected chi connectivity index (χ0v) is 61.1. The van der Waals surface area contributed by atoms with Gasteiger partial charge < -0.3 is 40.0 Å². The van der Waals surface area contributed by atoms with Gasteiger partial charge in [0.05, 0.1) is 29.4 Å². The Kier molecular flexibility index (Phi) is 33.7. The summed E-state index contributed by atoms with van der Waals surface area (Å²) in [6.07, 6.45) is 1.50. The van der Waals surface area contributed by atoms with E-state index in [1.54, 1.807) is 93.8 Å². The minimum Gasteiger partial charge on any atom is -0.477 e. The molecule has 0 unspecified atom stereocenters. The highest BCUT2D eigenvalue weighted by atomic mass is 35.5. The van der Waals surface area contributed by atoms with Crippen molar-refractivity contribution in [1.29, 1.82) is 0 Å². The third kappa shape index (κ3) is 25.4. The number of amides is 2. The molecule has 0 radical (unpaired) electrons. The molecule has 0 saturated heterocycles. The summed E-state index contributed by atoms with van der Waals surface area (Å²) in [5.74, 6) is 4.43. The van der Waals surface area contributed by atoms with Crippen LogP contribution in [0.25, 0.3) is 11.4 Å². The van der Waals surface area contributed by atoms with Crippen LogP contribution in [0.15, 0.2) is 239 Å². The van der Waals surface area contributed by atoms with E-state index in [1.165, 1.54) is 135 Å². The van der Waals surface area contributed by atoms with Crippen molar-refractivity contribution in [2.45, 2.75) is 61.2 Å². The van der Waals surface area contributed by atoms with Crippen LogP contribution in [0.3, 0.4) is 0 Å². The molecule has 23 nitrogen and oxygen atoms in total. The first-order chi connectivity index (χ1) is 51.5. The SMILES string of the molecule is CC1=C(C(=O)OCc2ccccc2)C(=O)N(c2ccc(F)cc2)C1.CC1=CC(=O)N(c2ccc(F)cc2)C1.CCOC(=O)CC(C)=O.Cc1c(C(=O)O)c(=O)n(-c2ccc(F)cc2)n1C.Cc1c(C(=O)OCc2ccccc2)c(=O)n(-c2ccc(F)cc2)n1C.Cl.NNc1ccc(F)cc1.NNc1ccc(F)cc1. The van der Waals surface area contributed by atoms with Crippen LogP contribution < -0.4 is 43.5 Å². The average molecular weight is 1530 g/mol. The van der Waals surface area contributed by atoms with Crippen molar-refractivity contribution in [1.82, 2.24) is 18.7 Å². The van der Waals surface area contributed by atoms with Crippen LogP contribution in [0, 0.1) is 48.8 Å². The van der Waals surface area contributed by atoms with Gasteiger partial charge in [-0.05, 0) is 209 Å². The van der Waals surface area contributed by atoms with Crippen molar-refractivity contribution in [3.05, 3.63) is 318 Å². The summed E-state index contributed by atoms with van der Waals surface area (Å²) in [5.41, 5.74) is 11.2. The number of carbonyl (C=O) groups is 7. The fourth-order valence-corrected chi connectivity index (χ4v) is 10.0. The number of carboxylic acids is 1. The molecule has 572 valence electrons. The third-order valence-corrected chi connectivity index (χ3v) is 15.6. The van der Waals surface area contributed by atoms with Gasteiger partial charge in [-0.3, -0.25) is 49.8 Å². The fraction of sp³-hybridized carbons (Fsp3) is 0.177. The van der Waals surface area contributed by atoms with Crippen LogP contribution in [0.1, 0.15) is 77.3 Å². The molecule has 0 spiro atoms. The fourth-order valence-electron chi connectivity index (χ4n) is 10.0. The number of hydrogen-bond donors (Lipinski definition) is 5. The van der Waals surface area contributed by atoms with Crippen molar-refractivity contribution in [3.8, 4) is 11.4 Å². The van der Waals surface area contributed by atoms with Gasteiger partial charge in [0.25, 0.3) is 22.9 Å². The van der Waals surface area contributed by atoms with Crippen molar-refractivity contribution < 1.29 is 79.2 Å². The van der Waals surface area contributed by atoms with Gasteiger partial charge in [0.1, 0.15) is 77.0 Å². The molecule has 0 fully saturated rings. The Bertz CT molecular complexity index is 4880. The molecule has 7 N–H and O–H groups in total. The zero-order chi connectivity index (χ0) is 79.3. The number of nitrogens with zero attached hydrogens (tertiary/aromatic N) is 6. The Morgan fingerprint density at radius 1 is 0.468 bits per heavy atom. The molecule has 2 aliphatic heterocycles. The van der Waals surface area contributed by atoms with Crippen molar-refractivity contribution >= 4 is 76.6 Å². The van der Waals surface area contributed by atoms with Crippen LogP contribution in [0.5, 0.6) is 0 Å². The maximum atomic E-state index is 13.1. The van der Waals surface area contributed by atoms with Crippen LogP contribution in [0.2, 0.25) is 0 Å². The van der Waals surface area contributed by atoms with E-state index < -0.39 is 52.5 Å². The molecule has 2 aromatic heterocycles. The van der Waals surface area contributed by atoms with Crippen LogP contribution in [-0.4, -0.2) is 85.0 Å². The summed E-state index contributed by atoms with van der Waals surface area (Å²) < 4.78 is 96.4. The van der Waals surface area contributed by atoms with Gasteiger partial charge in [-0.15, -0.1) is 12.4 Å². The minimum absolute atomic E-state index is 0. The molecule has 12 rings (SSSR count). The number of esters is 3. The summed E-state index contributed by atoms with van der Waals surface area (Å²) in [6, 6.07) is 52.4. The molecule has 0 atom stereocenters. The van der Waals surface area contributed by atoms with E-state index in [0.717, 1.165) is 22.4 Å². The van der Waals surface area contributed by atoms with Crippen LogP contribution >= 0.6 is 12.4 Å². The van der Waals surface area contributed by atoms with E-state index in [-0.39, 0.29) is 83.7 Å². The lowest BCUT2D eigenvalue weighted by atomic mass is 10.2. The molecule has 2 amide bonds. The Morgan fingerprint density at radius 3 is 1.16 bits per heavy atom. The maximum absolute atomic E-state index is 13.1. The van der Waals surface area contributed by atoms with E-state index in [2.05, 4.69) is 15.6 Å². The van der Waals surface area contributed by atoms with Gasteiger partial charge >= 0.3 is 23.9 Å². The Hall–Kier alpha value is -12.9. The normalized spacial score (nSPS) is 11.6. The van der Waals surface area contributed by atoms with Gasteiger partial charge in [0.2, 0.25) is 0 Å². The lowest BCUT2D eigenvalue weighted by molar-refractivity contribution is -0.145.